The zero-order valence-corrected chi connectivity index (χ0v) is 16.0. The number of nitrogens with one attached hydrogen (secondary N) is 3. The van der Waals surface area contributed by atoms with Gasteiger partial charge in [-0.25, -0.2) is 4.79 Å². The van der Waals surface area contributed by atoms with E-state index in [1.807, 2.05) is 0 Å². The Morgan fingerprint density at radius 3 is 2.48 bits per heavy atom. The number of carbonyl (C=O) groups is 2. The van der Waals surface area contributed by atoms with Gasteiger partial charge in [-0.2, -0.15) is 0 Å². The Balaban J connectivity index is 2.16. The molecule has 2 aromatic rings. The van der Waals surface area contributed by atoms with Crippen molar-refractivity contribution in [1.29, 1.82) is 0 Å². The second kappa shape index (κ2) is 9.05. The van der Waals surface area contributed by atoms with Gasteiger partial charge >= 0.3 is 6.03 Å². The lowest BCUT2D eigenvalue weighted by atomic mass is 10.1. The van der Waals surface area contributed by atoms with Gasteiger partial charge in [0.1, 0.15) is 0 Å². The summed E-state index contributed by atoms with van der Waals surface area (Å²) in [5.41, 5.74) is 6.43. The van der Waals surface area contributed by atoms with E-state index in [2.05, 4.69) is 31.9 Å². The fraction of sp³-hybridized carbons (Fsp3) is 0.125. The van der Waals surface area contributed by atoms with E-state index in [1.165, 1.54) is 12.1 Å². The molecule has 0 aliphatic heterocycles. The first-order valence-electron chi connectivity index (χ1n) is 7.21. The molecule has 0 saturated heterocycles. The normalized spacial score (nSPS) is 10.2. The molecule has 0 aliphatic rings. The van der Waals surface area contributed by atoms with Crippen molar-refractivity contribution in [2.24, 2.45) is 5.73 Å². The van der Waals surface area contributed by atoms with E-state index in [4.69, 9.17) is 28.9 Å². The van der Waals surface area contributed by atoms with Crippen LogP contribution in [0.4, 0.5) is 16.2 Å². The lowest BCUT2D eigenvalue weighted by molar-refractivity contribution is 0.0955. The molecule has 0 bridgehead atoms. The number of carbonyl (C=O) groups excluding carboxylic acids is 2. The van der Waals surface area contributed by atoms with E-state index < -0.39 is 6.03 Å². The Hall–Kier alpha value is -1.80. The molecule has 25 heavy (non-hydrogen) atoms. The van der Waals surface area contributed by atoms with E-state index in [0.717, 1.165) is 4.47 Å². The van der Waals surface area contributed by atoms with E-state index in [0.29, 0.717) is 28.8 Å². The highest BCUT2D eigenvalue weighted by molar-refractivity contribution is 9.10. The molecule has 6 nitrogen and oxygen atoms in total. The van der Waals surface area contributed by atoms with Crippen molar-refractivity contribution >= 4 is 62.4 Å². The Labute approximate surface area is 163 Å². The number of urea groups is 1. The number of anilines is 2. The second-order valence-electron chi connectivity index (χ2n) is 4.97. The SMILES string of the molecule is NCCNC(=O)c1ccc(Cl)cc1NC(=O)Nc1cc(Cl)cc(Br)c1. The van der Waals surface area contributed by atoms with Crippen molar-refractivity contribution in [3.05, 3.63) is 56.5 Å². The Morgan fingerprint density at radius 2 is 1.80 bits per heavy atom. The highest BCUT2D eigenvalue weighted by Gasteiger charge is 2.14. The van der Waals surface area contributed by atoms with Gasteiger partial charge in [0, 0.05) is 33.3 Å². The summed E-state index contributed by atoms with van der Waals surface area (Å²) in [6.45, 7) is 0.635. The lowest BCUT2D eigenvalue weighted by Crippen LogP contribution is -2.30. The molecule has 5 N–H and O–H groups in total. The molecule has 0 heterocycles. The quantitative estimate of drug-likeness (QED) is 0.558. The van der Waals surface area contributed by atoms with Crippen LogP contribution in [0.3, 0.4) is 0 Å². The summed E-state index contributed by atoms with van der Waals surface area (Å²) >= 11 is 15.2. The molecule has 2 aromatic carbocycles. The number of rotatable bonds is 5. The van der Waals surface area contributed by atoms with Crippen LogP contribution in [0.2, 0.25) is 10.0 Å². The maximum Gasteiger partial charge on any atom is 0.323 e. The van der Waals surface area contributed by atoms with Gasteiger partial charge in [0.15, 0.2) is 0 Å². The first-order valence-corrected chi connectivity index (χ1v) is 8.76. The lowest BCUT2D eigenvalue weighted by Gasteiger charge is -2.13. The van der Waals surface area contributed by atoms with Crippen LogP contribution in [0.15, 0.2) is 40.9 Å². The van der Waals surface area contributed by atoms with Gasteiger partial charge < -0.3 is 21.7 Å². The molecule has 2 rings (SSSR count). The first kappa shape index (κ1) is 19.5. The van der Waals surface area contributed by atoms with Crippen LogP contribution in [0, 0.1) is 0 Å². The predicted octanol–water partition coefficient (Wildman–Crippen LogP) is 4.09. The Morgan fingerprint density at radius 1 is 1.04 bits per heavy atom. The maximum atomic E-state index is 12.2. The van der Waals surface area contributed by atoms with Crippen LogP contribution in [0.25, 0.3) is 0 Å². The van der Waals surface area contributed by atoms with Gasteiger partial charge in [-0.05, 0) is 36.4 Å². The molecule has 0 aliphatic carbocycles. The Kier molecular flexibility index (Phi) is 7.07. The fourth-order valence-electron chi connectivity index (χ4n) is 2.01. The van der Waals surface area contributed by atoms with Crippen LogP contribution in [-0.4, -0.2) is 25.0 Å². The van der Waals surface area contributed by atoms with Gasteiger partial charge in [-0.1, -0.05) is 39.1 Å². The summed E-state index contributed by atoms with van der Waals surface area (Å²) in [6.07, 6.45) is 0. The largest absolute Gasteiger partial charge is 0.351 e. The highest BCUT2D eigenvalue weighted by atomic mass is 79.9. The third-order valence-electron chi connectivity index (χ3n) is 3.02. The monoisotopic (exact) mass is 444 g/mol. The fourth-order valence-corrected chi connectivity index (χ4v) is 3.04. The summed E-state index contributed by atoms with van der Waals surface area (Å²) in [4.78, 5) is 24.4. The average Bonchev–Trinajstić information content (AvgIpc) is 2.51. The number of benzene rings is 2. The summed E-state index contributed by atoms with van der Waals surface area (Å²) in [7, 11) is 0. The van der Waals surface area contributed by atoms with Crippen LogP contribution < -0.4 is 21.7 Å². The van der Waals surface area contributed by atoms with Crippen LogP contribution in [-0.2, 0) is 0 Å². The number of hydrogen-bond acceptors (Lipinski definition) is 3. The third-order valence-corrected chi connectivity index (χ3v) is 3.94. The molecule has 0 unspecified atom stereocenters. The van der Waals surface area contributed by atoms with Crippen LogP contribution >= 0.6 is 39.1 Å². The summed E-state index contributed by atoms with van der Waals surface area (Å²) in [5, 5.41) is 8.75. The van der Waals surface area contributed by atoms with E-state index in [1.54, 1.807) is 24.3 Å². The summed E-state index contributed by atoms with van der Waals surface area (Å²) in [6, 6.07) is 9.03. The zero-order chi connectivity index (χ0) is 18.4. The molecular weight excluding hydrogens is 431 g/mol. The molecule has 9 heteroatoms. The maximum absolute atomic E-state index is 12.2. The third kappa shape index (κ3) is 5.89. The highest BCUT2D eigenvalue weighted by Crippen LogP contribution is 2.24. The molecule has 0 saturated carbocycles. The Bertz CT molecular complexity index is 781. The van der Waals surface area contributed by atoms with Gasteiger partial charge in [0.2, 0.25) is 0 Å². The average molecular weight is 446 g/mol. The van der Waals surface area contributed by atoms with E-state index >= 15 is 0 Å². The number of hydrogen-bond donors (Lipinski definition) is 4. The van der Waals surface area contributed by atoms with Crippen LogP contribution in [0.5, 0.6) is 0 Å². The van der Waals surface area contributed by atoms with E-state index in [-0.39, 0.29) is 17.2 Å². The molecule has 0 atom stereocenters. The smallest absolute Gasteiger partial charge is 0.323 e. The van der Waals surface area contributed by atoms with E-state index in [9.17, 15) is 9.59 Å². The number of nitrogens with two attached hydrogens (primary N) is 1. The molecule has 0 aromatic heterocycles. The molecule has 3 amide bonds. The molecule has 0 spiro atoms. The minimum absolute atomic E-state index is 0.278. The second-order valence-corrected chi connectivity index (χ2v) is 6.76. The molecular formula is C16H15BrCl2N4O2. The van der Waals surface area contributed by atoms with Crippen molar-refractivity contribution in [2.75, 3.05) is 23.7 Å². The topological polar surface area (TPSA) is 96.2 Å². The van der Waals surface area contributed by atoms with Gasteiger partial charge in [0.05, 0.1) is 11.3 Å². The van der Waals surface area contributed by atoms with Crippen molar-refractivity contribution in [2.45, 2.75) is 0 Å². The predicted molar refractivity (Wildman–Crippen MR) is 105 cm³/mol. The molecule has 0 fully saturated rings. The van der Waals surface area contributed by atoms with Crippen molar-refractivity contribution in [3.8, 4) is 0 Å². The van der Waals surface area contributed by atoms with Gasteiger partial charge in [-0.3, -0.25) is 4.79 Å². The van der Waals surface area contributed by atoms with Crippen LogP contribution in [0.1, 0.15) is 10.4 Å². The number of amides is 3. The molecule has 0 radical (unpaired) electrons. The van der Waals surface area contributed by atoms with Crippen molar-refractivity contribution < 1.29 is 9.59 Å². The number of halogens is 3. The van der Waals surface area contributed by atoms with Crippen molar-refractivity contribution in [3.63, 3.8) is 0 Å². The standard InChI is InChI=1S/C16H15BrCl2N4O2/c17-9-5-11(19)7-12(6-9)22-16(25)23-14-8-10(18)1-2-13(14)15(24)21-4-3-20/h1-2,5-8H,3-4,20H2,(H,21,24)(H2,22,23,25). The summed E-state index contributed by atoms with van der Waals surface area (Å²) in [5.74, 6) is -0.358. The summed E-state index contributed by atoms with van der Waals surface area (Å²) < 4.78 is 0.722. The zero-order valence-electron chi connectivity index (χ0n) is 12.9. The van der Waals surface area contributed by atoms with Gasteiger partial charge in [0.25, 0.3) is 5.91 Å². The first-order chi connectivity index (χ1) is 11.9. The van der Waals surface area contributed by atoms with Crippen molar-refractivity contribution in [1.82, 2.24) is 5.32 Å². The molecule has 132 valence electrons. The minimum atomic E-state index is -0.538. The minimum Gasteiger partial charge on any atom is -0.351 e. The van der Waals surface area contributed by atoms with Gasteiger partial charge in [-0.15, -0.1) is 0 Å².